The summed E-state index contributed by atoms with van der Waals surface area (Å²) in [5.74, 6) is 2.08. The van der Waals surface area contributed by atoms with Gasteiger partial charge in [-0.25, -0.2) is 9.97 Å². The number of aromatic nitrogens is 2. The molecule has 1 amide bonds. The van der Waals surface area contributed by atoms with E-state index in [0.29, 0.717) is 5.91 Å². The highest BCUT2D eigenvalue weighted by atomic mass is 16.5. The first-order chi connectivity index (χ1) is 14.5. The number of piperidine rings is 1. The standard InChI is InChI=1S/C23H31N5O2/c1-17-16-18(2)25-23(24-17)28-10-8-19(9-11-28)22(29)27-14-12-26(13-15-27)20-4-6-21(30-3)7-5-20/h4-7,16,19H,8-15H2,1-3H3. The zero-order chi connectivity index (χ0) is 21.1. The van der Waals surface area contributed by atoms with E-state index < -0.39 is 0 Å². The predicted molar refractivity (Wildman–Crippen MR) is 118 cm³/mol. The van der Waals surface area contributed by atoms with Crippen molar-refractivity contribution in [2.24, 2.45) is 5.92 Å². The number of amides is 1. The molecule has 2 aliphatic rings. The topological polar surface area (TPSA) is 61.8 Å². The van der Waals surface area contributed by atoms with Gasteiger partial charge in [-0.15, -0.1) is 0 Å². The first kappa shape index (κ1) is 20.4. The highest BCUT2D eigenvalue weighted by Gasteiger charge is 2.31. The molecule has 3 heterocycles. The van der Waals surface area contributed by atoms with Crippen molar-refractivity contribution < 1.29 is 9.53 Å². The average molecular weight is 410 g/mol. The number of hydrogen-bond acceptors (Lipinski definition) is 6. The van der Waals surface area contributed by atoms with Crippen LogP contribution in [0.15, 0.2) is 30.3 Å². The van der Waals surface area contributed by atoms with Crippen molar-refractivity contribution in [1.29, 1.82) is 0 Å². The van der Waals surface area contributed by atoms with Gasteiger partial charge in [-0.3, -0.25) is 4.79 Å². The predicted octanol–water partition coefficient (Wildman–Crippen LogP) is 2.67. The minimum Gasteiger partial charge on any atom is -0.497 e. The van der Waals surface area contributed by atoms with Gasteiger partial charge in [0, 0.05) is 62.3 Å². The fourth-order valence-electron chi connectivity index (χ4n) is 4.41. The van der Waals surface area contributed by atoms with E-state index in [1.165, 1.54) is 5.69 Å². The fraction of sp³-hybridized carbons (Fsp3) is 0.522. The van der Waals surface area contributed by atoms with Gasteiger partial charge in [0.15, 0.2) is 0 Å². The van der Waals surface area contributed by atoms with Crippen LogP contribution in [0.1, 0.15) is 24.2 Å². The molecule has 160 valence electrons. The summed E-state index contributed by atoms with van der Waals surface area (Å²) in [6.45, 7) is 8.98. The lowest BCUT2D eigenvalue weighted by atomic mass is 9.95. The fourth-order valence-corrected chi connectivity index (χ4v) is 4.41. The molecule has 2 aliphatic heterocycles. The molecule has 30 heavy (non-hydrogen) atoms. The second kappa shape index (κ2) is 8.90. The Bertz CT molecular complexity index is 849. The molecule has 2 fully saturated rings. The van der Waals surface area contributed by atoms with Gasteiger partial charge in [0.25, 0.3) is 0 Å². The number of methoxy groups -OCH3 is 1. The van der Waals surface area contributed by atoms with Crippen molar-refractivity contribution in [2.45, 2.75) is 26.7 Å². The van der Waals surface area contributed by atoms with Crippen molar-refractivity contribution in [3.8, 4) is 5.75 Å². The third-order valence-corrected chi connectivity index (χ3v) is 6.13. The van der Waals surface area contributed by atoms with Gasteiger partial charge < -0.3 is 19.4 Å². The Morgan fingerprint density at radius 3 is 2.07 bits per heavy atom. The van der Waals surface area contributed by atoms with Gasteiger partial charge in [-0.1, -0.05) is 0 Å². The van der Waals surface area contributed by atoms with E-state index in [4.69, 9.17) is 4.74 Å². The number of anilines is 2. The molecule has 1 aromatic heterocycles. The summed E-state index contributed by atoms with van der Waals surface area (Å²) < 4.78 is 5.24. The molecule has 0 unspecified atom stereocenters. The van der Waals surface area contributed by atoms with Gasteiger partial charge in [0.05, 0.1) is 7.11 Å². The monoisotopic (exact) mass is 409 g/mol. The summed E-state index contributed by atoms with van der Waals surface area (Å²) in [7, 11) is 1.68. The lowest BCUT2D eigenvalue weighted by Gasteiger charge is -2.39. The molecule has 1 aromatic carbocycles. The lowest BCUT2D eigenvalue weighted by Crippen LogP contribution is -2.51. The van der Waals surface area contributed by atoms with Gasteiger partial charge in [-0.2, -0.15) is 0 Å². The van der Waals surface area contributed by atoms with Gasteiger partial charge in [-0.05, 0) is 57.0 Å². The van der Waals surface area contributed by atoms with Crippen molar-refractivity contribution in [1.82, 2.24) is 14.9 Å². The summed E-state index contributed by atoms with van der Waals surface area (Å²) in [5, 5.41) is 0. The molecular formula is C23H31N5O2. The van der Waals surface area contributed by atoms with Crippen LogP contribution in [-0.2, 0) is 4.79 Å². The van der Waals surface area contributed by atoms with Crippen molar-refractivity contribution in [3.05, 3.63) is 41.7 Å². The zero-order valence-corrected chi connectivity index (χ0v) is 18.2. The number of ether oxygens (including phenoxy) is 1. The van der Waals surface area contributed by atoms with Crippen LogP contribution in [-0.4, -0.2) is 67.2 Å². The molecule has 0 radical (unpaired) electrons. The van der Waals surface area contributed by atoms with Crippen LogP contribution in [0, 0.1) is 19.8 Å². The minimum atomic E-state index is 0.111. The zero-order valence-electron chi connectivity index (χ0n) is 18.2. The van der Waals surface area contributed by atoms with Crippen molar-refractivity contribution in [3.63, 3.8) is 0 Å². The maximum absolute atomic E-state index is 13.1. The summed E-state index contributed by atoms with van der Waals surface area (Å²) in [5.41, 5.74) is 3.17. The van der Waals surface area contributed by atoms with E-state index in [-0.39, 0.29) is 5.92 Å². The smallest absolute Gasteiger partial charge is 0.225 e. The number of aryl methyl sites for hydroxylation is 2. The number of rotatable bonds is 4. The molecular weight excluding hydrogens is 378 g/mol. The van der Waals surface area contributed by atoms with Crippen molar-refractivity contribution >= 4 is 17.5 Å². The SMILES string of the molecule is COc1ccc(N2CCN(C(=O)C3CCN(c4nc(C)cc(C)n4)CC3)CC2)cc1. The molecule has 0 N–H and O–H groups in total. The van der Waals surface area contributed by atoms with E-state index in [1.807, 2.05) is 36.9 Å². The van der Waals surface area contributed by atoms with Gasteiger partial charge in [0.2, 0.25) is 11.9 Å². The Kier molecular flexibility index (Phi) is 6.06. The number of piperazine rings is 1. The van der Waals surface area contributed by atoms with Gasteiger partial charge in [0.1, 0.15) is 5.75 Å². The highest BCUT2D eigenvalue weighted by molar-refractivity contribution is 5.79. The quantitative estimate of drug-likeness (QED) is 0.774. The summed E-state index contributed by atoms with van der Waals surface area (Å²) in [6, 6.07) is 10.1. The minimum absolute atomic E-state index is 0.111. The number of nitrogens with zero attached hydrogens (tertiary/aromatic N) is 5. The molecule has 2 saturated heterocycles. The average Bonchev–Trinajstić information content (AvgIpc) is 2.78. The van der Waals surface area contributed by atoms with Crippen LogP contribution in [0.2, 0.25) is 0 Å². The third kappa shape index (κ3) is 4.50. The molecule has 0 saturated carbocycles. The normalized spacial score (nSPS) is 17.9. The molecule has 0 spiro atoms. The first-order valence-electron chi connectivity index (χ1n) is 10.8. The maximum atomic E-state index is 13.1. The molecule has 7 heteroatoms. The highest BCUT2D eigenvalue weighted by Crippen LogP contribution is 2.25. The molecule has 2 aromatic rings. The van der Waals surface area contributed by atoms with E-state index in [2.05, 4.69) is 31.9 Å². The largest absolute Gasteiger partial charge is 0.497 e. The van der Waals surface area contributed by atoms with Crippen molar-refractivity contribution in [2.75, 3.05) is 56.2 Å². The third-order valence-electron chi connectivity index (χ3n) is 6.13. The lowest BCUT2D eigenvalue weighted by molar-refractivity contribution is -0.136. The summed E-state index contributed by atoms with van der Waals surface area (Å²) in [6.07, 6.45) is 1.74. The molecule has 0 bridgehead atoms. The maximum Gasteiger partial charge on any atom is 0.225 e. The van der Waals surface area contributed by atoms with Crippen LogP contribution in [0.3, 0.4) is 0 Å². The molecule has 7 nitrogen and oxygen atoms in total. The van der Waals surface area contributed by atoms with Crippen LogP contribution in [0.25, 0.3) is 0 Å². The number of carbonyl (C=O) groups excluding carboxylic acids is 1. The van der Waals surface area contributed by atoms with Gasteiger partial charge >= 0.3 is 0 Å². The first-order valence-corrected chi connectivity index (χ1v) is 10.8. The van der Waals surface area contributed by atoms with E-state index >= 15 is 0 Å². The Hall–Kier alpha value is -2.83. The molecule has 0 aliphatic carbocycles. The Morgan fingerprint density at radius 2 is 1.50 bits per heavy atom. The second-order valence-electron chi connectivity index (χ2n) is 8.22. The van der Waals surface area contributed by atoms with E-state index in [1.54, 1.807) is 7.11 Å². The van der Waals surface area contributed by atoms with E-state index in [9.17, 15) is 4.79 Å². The van der Waals surface area contributed by atoms with Crippen LogP contribution in [0.5, 0.6) is 5.75 Å². The van der Waals surface area contributed by atoms with Crippen LogP contribution in [0.4, 0.5) is 11.6 Å². The van der Waals surface area contributed by atoms with E-state index in [0.717, 1.165) is 75.2 Å². The molecule has 4 rings (SSSR count). The Balaban J connectivity index is 1.28. The van der Waals surface area contributed by atoms with Crippen LogP contribution >= 0.6 is 0 Å². The van der Waals surface area contributed by atoms with Crippen LogP contribution < -0.4 is 14.5 Å². The number of hydrogen-bond donors (Lipinski definition) is 0. The number of carbonyl (C=O) groups is 1. The summed E-state index contributed by atoms with van der Waals surface area (Å²) in [4.78, 5) is 28.8. The Morgan fingerprint density at radius 1 is 0.900 bits per heavy atom. The number of benzene rings is 1. The summed E-state index contributed by atoms with van der Waals surface area (Å²) >= 11 is 0. The Labute approximate surface area is 178 Å². The molecule has 0 atom stereocenters. The second-order valence-corrected chi connectivity index (χ2v) is 8.22.